The zero-order chi connectivity index (χ0) is 38.2. The van der Waals surface area contributed by atoms with Gasteiger partial charge in [0.2, 0.25) is 5.91 Å². The third kappa shape index (κ3) is 39.9. The Balaban J connectivity index is 3.58. The first-order chi connectivity index (χ1) is 25.3. The lowest BCUT2D eigenvalue weighted by Gasteiger charge is -2.15. The fraction of sp³-hybridized carbons (Fsp3) is 0.905. The van der Waals surface area contributed by atoms with E-state index in [1.807, 2.05) is 0 Å². The quantitative estimate of drug-likeness (QED) is 0.0243. The highest BCUT2D eigenvalue weighted by Crippen LogP contribution is 2.42. The van der Waals surface area contributed by atoms with E-state index in [0.717, 1.165) is 57.8 Å². The summed E-state index contributed by atoms with van der Waals surface area (Å²) in [7, 11) is -4.41. The van der Waals surface area contributed by atoms with Crippen LogP contribution in [0.4, 0.5) is 0 Å². The van der Waals surface area contributed by atoms with E-state index in [2.05, 4.69) is 31.3 Å². The zero-order valence-electron chi connectivity index (χ0n) is 33.8. The summed E-state index contributed by atoms with van der Waals surface area (Å²) in [6, 6.07) is 0. The lowest BCUT2D eigenvalue weighted by Crippen LogP contribution is -2.27. The highest BCUT2D eigenvalue weighted by atomic mass is 31.2. The average Bonchev–Trinajstić information content (AvgIpc) is 3.13. The van der Waals surface area contributed by atoms with Crippen LogP contribution < -0.4 is 5.32 Å². The monoisotopic (exact) mass is 760 g/mol. The molecule has 0 aromatic carbocycles. The van der Waals surface area contributed by atoms with E-state index in [1.54, 1.807) is 0 Å². The van der Waals surface area contributed by atoms with Crippen LogP contribution in [0.25, 0.3) is 0 Å². The summed E-state index contributed by atoms with van der Waals surface area (Å²) < 4.78 is 26.8. The number of hydrogen-bond acceptors (Lipinski definition) is 7. The molecule has 0 spiro atoms. The van der Waals surface area contributed by atoms with Crippen molar-refractivity contribution in [2.45, 2.75) is 219 Å². The molecule has 0 heterocycles. The van der Waals surface area contributed by atoms with Crippen molar-refractivity contribution in [3.63, 3.8) is 0 Å². The normalized spacial score (nSPS) is 13.4. The number of phosphoric ester groups is 1. The number of carbonyl (C=O) groups is 2. The van der Waals surface area contributed by atoms with Crippen LogP contribution in [-0.4, -0.2) is 54.3 Å². The lowest BCUT2D eigenvalue weighted by molar-refractivity contribution is -0.147. The standard InChI is InChI=1S/C42H82NO8P/c1-3-5-7-9-11-13-15-17-19-21-22-24-26-28-30-32-34-41(45)43-36-37-50-52(47,48)51-39-40(44)38-49-42(46)35-33-31-29-27-25-23-20-18-16-14-12-10-8-6-4-2/h18,20,40,44H,3-17,19,21-39H2,1-2H3,(H,43,45)(H,47,48)/b20-18-. The van der Waals surface area contributed by atoms with Gasteiger partial charge in [0.15, 0.2) is 0 Å². The molecule has 0 bridgehead atoms. The molecule has 0 aromatic heterocycles. The van der Waals surface area contributed by atoms with E-state index < -0.39 is 26.5 Å². The highest BCUT2D eigenvalue weighted by molar-refractivity contribution is 7.47. The number of rotatable bonds is 41. The van der Waals surface area contributed by atoms with E-state index in [0.29, 0.717) is 6.42 Å². The van der Waals surface area contributed by atoms with Gasteiger partial charge < -0.3 is 20.1 Å². The summed E-state index contributed by atoms with van der Waals surface area (Å²) >= 11 is 0. The van der Waals surface area contributed by atoms with E-state index in [9.17, 15) is 24.2 Å². The number of aliphatic hydroxyl groups is 1. The number of carbonyl (C=O) groups excluding carboxylic acids is 2. The predicted molar refractivity (Wildman–Crippen MR) is 215 cm³/mol. The van der Waals surface area contributed by atoms with Crippen molar-refractivity contribution in [3.05, 3.63) is 12.2 Å². The van der Waals surface area contributed by atoms with Crippen LogP contribution in [0.2, 0.25) is 0 Å². The molecule has 0 aliphatic carbocycles. The Kier molecular flexibility index (Phi) is 38.5. The van der Waals surface area contributed by atoms with Gasteiger partial charge in [-0.2, -0.15) is 0 Å². The molecule has 0 rings (SSSR count). The van der Waals surface area contributed by atoms with Crippen LogP contribution in [0.1, 0.15) is 213 Å². The summed E-state index contributed by atoms with van der Waals surface area (Å²) in [5.41, 5.74) is 0. The van der Waals surface area contributed by atoms with Crippen LogP contribution in [0.3, 0.4) is 0 Å². The molecule has 1 amide bonds. The Bertz CT molecular complexity index is 871. The van der Waals surface area contributed by atoms with Crippen molar-refractivity contribution in [2.24, 2.45) is 0 Å². The number of amides is 1. The molecule has 10 heteroatoms. The number of ether oxygens (including phenoxy) is 1. The second-order valence-electron chi connectivity index (χ2n) is 14.7. The average molecular weight is 760 g/mol. The molecule has 308 valence electrons. The van der Waals surface area contributed by atoms with Crippen molar-refractivity contribution in [2.75, 3.05) is 26.4 Å². The van der Waals surface area contributed by atoms with E-state index >= 15 is 0 Å². The molecule has 0 fully saturated rings. The minimum Gasteiger partial charge on any atom is -0.463 e. The maximum atomic E-state index is 12.1. The Morgan fingerprint density at radius 2 is 0.981 bits per heavy atom. The molecule has 0 saturated carbocycles. The minimum atomic E-state index is -4.41. The van der Waals surface area contributed by atoms with Gasteiger partial charge >= 0.3 is 13.8 Å². The van der Waals surface area contributed by atoms with Gasteiger partial charge in [0.05, 0.1) is 13.2 Å². The molecule has 52 heavy (non-hydrogen) atoms. The molecule has 3 N–H and O–H groups in total. The van der Waals surface area contributed by atoms with Gasteiger partial charge in [-0.1, -0.05) is 174 Å². The van der Waals surface area contributed by atoms with Gasteiger partial charge in [0, 0.05) is 19.4 Å². The molecule has 0 aliphatic heterocycles. The van der Waals surface area contributed by atoms with Crippen molar-refractivity contribution in [3.8, 4) is 0 Å². The van der Waals surface area contributed by atoms with Gasteiger partial charge in [-0.25, -0.2) is 4.57 Å². The van der Waals surface area contributed by atoms with Crippen LogP contribution in [0, 0.1) is 0 Å². The van der Waals surface area contributed by atoms with Crippen LogP contribution in [-0.2, 0) is 27.9 Å². The summed E-state index contributed by atoms with van der Waals surface area (Å²) in [6.45, 7) is 3.56. The van der Waals surface area contributed by atoms with Gasteiger partial charge in [-0.05, 0) is 38.5 Å². The zero-order valence-corrected chi connectivity index (χ0v) is 34.7. The number of phosphoric acid groups is 1. The third-order valence-electron chi connectivity index (χ3n) is 9.45. The maximum absolute atomic E-state index is 12.1. The number of allylic oxidation sites excluding steroid dienone is 2. The topological polar surface area (TPSA) is 131 Å². The smallest absolute Gasteiger partial charge is 0.463 e. The second kappa shape index (κ2) is 39.4. The number of nitrogens with one attached hydrogen (secondary N) is 1. The van der Waals surface area contributed by atoms with Crippen LogP contribution >= 0.6 is 7.82 Å². The Morgan fingerprint density at radius 1 is 0.577 bits per heavy atom. The van der Waals surface area contributed by atoms with E-state index in [-0.39, 0.29) is 32.1 Å². The number of esters is 1. The Morgan fingerprint density at radius 3 is 1.44 bits per heavy atom. The number of unbranched alkanes of at least 4 members (excludes halogenated alkanes) is 26. The summed E-state index contributed by atoms with van der Waals surface area (Å²) in [6.07, 6.45) is 39.9. The van der Waals surface area contributed by atoms with Crippen molar-refractivity contribution in [1.29, 1.82) is 0 Å². The van der Waals surface area contributed by atoms with Crippen molar-refractivity contribution < 1.29 is 37.9 Å². The van der Waals surface area contributed by atoms with Gasteiger partial charge in [0.25, 0.3) is 0 Å². The van der Waals surface area contributed by atoms with Gasteiger partial charge in [-0.3, -0.25) is 18.6 Å². The summed E-state index contributed by atoms with van der Waals surface area (Å²) in [5, 5.41) is 12.7. The van der Waals surface area contributed by atoms with Crippen molar-refractivity contribution >= 4 is 19.7 Å². The number of aliphatic hydroxyl groups excluding tert-OH is 1. The largest absolute Gasteiger partial charge is 0.472 e. The van der Waals surface area contributed by atoms with Crippen LogP contribution in [0.5, 0.6) is 0 Å². The summed E-state index contributed by atoms with van der Waals surface area (Å²) in [5.74, 6) is -0.517. The number of hydrogen-bond donors (Lipinski definition) is 3. The molecular formula is C42H82NO8P. The fourth-order valence-corrected chi connectivity index (χ4v) is 6.90. The molecule has 0 aliphatic rings. The first-order valence-electron chi connectivity index (χ1n) is 21.7. The first kappa shape index (κ1) is 50.8. The molecule has 0 aromatic rings. The maximum Gasteiger partial charge on any atom is 0.472 e. The molecule has 0 saturated heterocycles. The lowest BCUT2D eigenvalue weighted by atomic mass is 10.0. The molecule has 2 atom stereocenters. The molecule has 0 radical (unpaired) electrons. The van der Waals surface area contributed by atoms with E-state index in [1.165, 1.54) is 128 Å². The first-order valence-corrected chi connectivity index (χ1v) is 23.2. The van der Waals surface area contributed by atoms with Gasteiger partial charge in [-0.15, -0.1) is 0 Å². The minimum absolute atomic E-state index is 0.0854. The van der Waals surface area contributed by atoms with Crippen LogP contribution in [0.15, 0.2) is 12.2 Å². The summed E-state index contributed by atoms with van der Waals surface area (Å²) in [4.78, 5) is 33.9. The van der Waals surface area contributed by atoms with E-state index in [4.69, 9.17) is 13.8 Å². The highest BCUT2D eigenvalue weighted by Gasteiger charge is 2.23. The molecule has 9 nitrogen and oxygen atoms in total. The fourth-order valence-electron chi connectivity index (χ4n) is 6.14. The predicted octanol–water partition coefficient (Wildman–Crippen LogP) is 11.8. The van der Waals surface area contributed by atoms with Crippen molar-refractivity contribution in [1.82, 2.24) is 5.32 Å². The Labute approximate surface area is 319 Å². The SMILES string of the molecule is CCCCCCCC/C=C\CCCCCCCC(=O)OCC(O)COP(=O)(O)OCCNC(=O)CCCCCCCCCCCCCCCCCC. The molecule has 2 unspecified atom stereocenters. The van der Waals surface area contributed by atoms with Gasteiger partial charge in [0.1, 0.15) is 12.7 Å². The third-order valence-corrected chi connectivity index (χ3v) is 10.4. The second-order valence-corrected chi connectivity index (χ2v) is 16.1. The Hall–Kier alpha value is -1.25. The molecular weight excluding hydrogens is 677 g/mol.